The highest BCUT2D eigenvalue weighted by Gasteiger charge is 2.46. The predicted octanol–water partition coefficient (Wildman–Crippen LogP) is 17.2. The van der Waals surface area contributed by atoms with Gasteiger partial charge in [-0.15, -0.1) is 0 Å². The van der Waals surface area contributed by atoms with Crippen molar-refractivity contribution in [3.63, 3.8) is 0 Å². The Kier molecular flexibility index (Phi) is 8.28. The van der Waals surface area contributed by atoms with E-state index in [1.807, 2.05) is 0 Å². The second-order valence-electron chi connectivity index (χ2n) is 19.2. The van der Waals surface area contributed by atoms with Gasteiger partial charge < -0.3 is 9.47 Å². The zero-order valence-electron chi connectivity index (χ0n) is 38.0. The molecule has 0 bridgehead atoms. The Bertz CT molecular complexity index is 3960. The van der Waals surface area contributed by atoms with Crippen molar-refractivity contribution in [2.75, 3.05) is 4.90 Å². The van der Waals surface area contributed by atoms with Gasteiger partial charge in [-0.1, -0.05) is 202 Å². The standard InChI is InChI=1S/C66H46N2/c1-65(2)58-30-16-13-26-51(58)54-37-34-48(42-61(54)65)67(63-39-43-19-9-10-24-49(43)50-25-11-12-29-55(50)63)47-35-38-62-57(41-47)56-36-33-45(40-64(56)68(62)46-22-7-4-8-23-46)66(44-20-5-3-6-21-44)59-31-17-14-27-52(59)53-28-15-18-32-60(53)66/h3-42H,1-2H3. The van der Waals surface area contributed by atoms with Crippen LogP contribution in [-0.4, -0.2) is 4.57 Å². The van der Waals surface area contributed by atoms with E-state index in [0.717, 1.165) is 22.7 Å². The third-order valence-corrected chi connectivity index (χ3v) is 15.4. The van der Waals surface area contributed by atoms with Gasteiger partial charge in [0.25, 0.3) is 0 Å². The van der Waals surface area contributed by atoms with Crippen molar-refractivity contribution in [1.82, 2.24) is 4.57 Å². The molecule has 1 heterocycles. The van der Waals surface area contributed by atoms with E-state index >= 15 is 0 Å². The molecule has 0 radical (unpaired) electrons. The van der Waals surface area contributed by atoms with Crippen LogP contribution in [0, 0.1) is 0 Å². The Morgan fingerprint density at radius 1 is 0.338 bits per heavy atom. The number of aromatic nitrogens is 1. The van der Waals surface area contributed by atoms with E-state index in [1.165, 1.54) is 99.0 Å². The van der Waals surface area contributed by atoms with Gasteiger partial charge in [0, 0.05) is 38.6 Å². The second kappa shape index (κ2) is 14.5. The summed E-state index contributed by atoms with van der Waals surface area (Å²) in [5, 5.41) is 7.36. The molecule has 0 unspecified atom stereocenters. The molecule has 11 aromatic carbocycles. The Balaban J connectivity index is 1.05. The van der Waals surface area contributed by atoms with Gasteiger partial charge >= 0.3 is 0 Å². The average Bonchev–Trinajstić information content (AvgIpc) is 3.97. The number of hydrogen-bond acceptors (Lipinski definition) is 1. The van der Waals surface area contributed by atoms with Gasteiger partial charge in [0.1, 0.15) is 0 Å². The maximum Gasteiger partial charge on any atom is 0.0714 e. The minimum absolute atomic E-state index is 0.152. The van der Waals surface area contributed by atoms with Crippen molar-refractivity contribution in [2.45, 2.75) is 24.7 Å². The Morgan fingerprint density at radius 3 is 1.63 bits per heavy atom. The van der Waals surface area contributed by atoms with Gasteiger partial charge in [0.05, 0.1) is 22.1 Å². The van der Waals surface area contributed by atoms with Crippen LogP contribution in [0.4, 0.5) is 17.1 Å². The van der Waals surface area contributed by atoms with Gasteiger partial charge in [-0.25, -0.2) is 0 Å². The molecule has 0 amide bonds. The van der Waals surface area contributed by atoms with Crippen molar-refractivity contribution in [2.24, 2.45) is 0 Å². The highest BCUT2D eigenvalue weighted by molar-refractivity contribution is 6.16. The number of fused-ring (bicyclic) bond motifs is 12. The summed E-state index contributed by atoms with van der Waals surface area (Å²) < 4.78 is 2.48. The lowest BCUT2D eigenvalue weighted by molar-refractivity contribution is 0.660. The fraction of sp³-hybridized carbons (Fsp3) is 0.0606. The molecule has 0 aliphatic heterocycles. The molecule has 0 atom stereocenters. The number of benzene rings is 11. The van der Waals surface area contributed by atoms with Crippen molar-refractivity contribution in [1.29, 1.82) is 0 Å². The second-order valence-corrected chi connectivity index (χ2v) is 19.2. The van der Waals surface area contributed by atoms with Crippen LogP contribution in [0.25, 0.3) is 71.3 Å². The van der Waals surface area contributed by atoms with Crippen LogP contribution < -0.4 is 4.90 Å². The average molecular weight is 867 g/mol. The Hall–Kier alpha value is -8.46. The van der Waals surface area contributed by atoms with Crippen LogP contribution in [0.2, 0.25) is 0 Å². The van der Waals surface area contributed by atoms with Crippen molar-refractivity contribution < 1.29 is 0 Å². The third-order valence-electron chi connectivity index (χ3n) is 15.4. The summed E-state index contributed by atoms with van der Waals surface area (Å²) in [4.78, 5) is 2.52. The zero-order chi connectivity index (χ0) is 45.1. The summed E-state index contributed by atoms with van der Waals surface area (Å²) in [6, 6.07) is 90.7. The van der Waals surface area contributed by atoms with Gasteiger partial charge in [-0.2, -0.15) is 0 Å². The van der Waals surface area contributed by atoms with Crippen LogP contribution in [0.15, 0.2) is 243 Å². The third kappa shape index (κ3) is 5.34. The molecule has 12 aromatic rings. The van der Waals surface area contributed by atoms with Crippen LogP contribution in [-0.2, 0) is 10.8 Å². The predicted molar refractivity (Wildman–Crippen MR) is 285 cm³/mol. The van der Waals surface area contributed by atoms with E-state index in [1.54, 1.807) is 0 Å². The first kappa shape index (κ1) is 38.8. The van der Waals surface area contributed by atoms with Crippen LogP contribution >= 0.6 is 0 Å². The normalized spacial score (nSPS) is 14.0. The SMILES string of the molecule is CC1(C)c2ccccc2-c2ccc(N(c3ccc4c(c3)c3ccc(C5(c6ccccc6)c6ccccc6-c6ccccc65)cc3n4-c3ccccc3)c3cc4ccccc4c4ccccc34)cc21. The first-order valence-electron chi connectivity index (χ1n) is 23.8. The first-order valence-corrected chi connectivity index (χ1v) is 23.8. The minimum Gasteiger partial charge on any atom is -0.310 e. The molecule has 0 saturated heterocycles. The van der Waals surface area contributed by atoms with Crippen molar-refractivity contribution >= 4 is 60.4 Å². The molecule has 2 aliphatic rings. The quantitative estimate of drug-likeness (QED) is 0.151. The zero-order valence-corrected chi connectivity index (χ0v) is 38.0. The van der Waals surface area contributed by atoms with E-state index < -0.39 is 5.41 Å². The van der Waals surface area contributed by atoms with E-state index in [4.69, 9.17) is 0 Å². The molecule has 0 spiro atoms. The summed E-state index contributed by atoms with van der Waals surface area (Å²) in [5.74, 6) is 0. The van der Waals surface area contributed by atoms with E-state index in [2.05, 4.69) is 266 Å². The van der Waals surface area contributed by atoms with E-state index in [0.29, 0.717) is 0 Å². The molecule has 68 heavy (non-hydrogen) atoms. The van der Waals surface area contributed by atoms with Crippen LogP contribution in [0.1, 0.15) is 47.2 Å². The lowest BCUT2D eigenvalue weighted by atomic mass is 9.67. The molecule has 14 rings (SSSR count). The topological polar surface area (TPSA) is 8.17 Å². The molecule has 2 heteroatoms. The maximum atomic E-state index is 2.52. The largest absolute Gasteiger partial charge is 0.310 e. The summed E-state index contributed by atoms with van der Waals surface area (Å²) in [6.45, 7) is 4.75. The maximum absolute atomic E-state index is 2.52. The Morgan fingerprint density at radius 2 is 0.897 bits per heavy atom. The first-order chi connectivity index (χ1) is 33.5. The van der Waals surface area contributed by atoms with Crippen molar-refractivity contribution in [3.05, 3.63) is 276 Å². The summed E-state index contributed by atoms with van der Waals surface area (Å²) >= 11 is 0. The molecule has 0 N–H and O–H groups in total. The number of para-hydroxylation sites is 1. The Labute approximate surface area is 396 Å². The molecule has 320 valence electrons. The molecule has 0 fully saturated rings. The molecule has 2 nitrogen and oxygen atoms in total. The molecular weight excluding hydrogens is 821 g/mol. The summed E-state index contributed by atoms with van der Waals surface area (Å²) in [6.07, 6.45) is 0. The number of rotatable bonds is 6. The van der Waals surface area contributed by atoms with Crippen LogP contribution in [0.3, 0.4) is 0 Å². The van der Waals surface area contributed by atoms with Crippen molar-refractivity contribution in [3.8, 4) is 27.9 Å². The van der Waals surface area contributed by atoms with E-state index in [-0.39, 0.29) is 5.41 Å². The highest BCUT2D eigenvalue weighted by atomic mass is 15.1. The monoisotopic (exact) mass is 866 g/mol. The number of nitrogens with zero attached hydrogens (tertiary/aromatic N) is 2. The molecule has 1 aromatic heterocycles. The van der Waals surface area contributed by atoms with Gasteiger partial charge in [-0.3, -0.25) is 0 Å². The number of anilines is 3. The minimum atomic E-state index is -0.513. The smallest absolute Gasteiger partial charge is 0.0714 e. The summed E-state index contributed by atoms with van der Waals surface area (Å²) in [7, 11) is 0. The fourth-order valence-electron chi connectivity index (χ4n) is 12.4. The number of hydrogen-bond donors (Lipinski definition) is 0. The van der Waals surface area contributed by atoms with Gasteiger partial charge in [0.15, 0.2) is 0 Å². The van der Waals surface area contributed by atoms with E-state index in [9.17, 15) is 0 Å². The summed E-state index contributed by atoms with van der Waals surface area (Å²) in [5.41, 5.74) is 19.3. The van der Waals surface area contributed by atoms with Gasteiger partial charge in [-0.05, 0) is 126 Å². The molecule has 2 aliphatic carbocycles. The lowest BCUT2D eigenvalue weighted by Gasteiger charge is -2.34. The lowest BCUT2D eigenvalue weighted by Crippen LogP contribution is -2.28. The van der Waals surface area contributed by atoms with Crippen LogP contribution in [0.5, 0.6) is 0 Å². The van der Waals surface area contributed by atoms with Gasteiger partial charge in [0.2, 0.25) is 0 Å². The fourth-order valence-corrected chi connectivity index (χ4v) is 12.4. The molecular formula is C66H46N2. The highest BCUT2D eigenvalue weighted by Crippen LogP contribution is 2.57. The molecule has 0 saturated carbocycles.